The van der Waals surface area contributed by atoms with E-state index in [-0.39, 0.29) is 0 Å². The molecule has 1 N–H and O–H groups in total. The summed E-state index contributed by atoms with van der Waals surface area (Å²) in [6.45, 7) is 3.52. The Balaban J connectivity index is 1.67. The Labute approximate surface area is 185 Å². The first kappa shape index (κ1) is 22.4. The van der Waals surface area contributed by atoms with Crippen molar-refractivity contribution in [1.29, 1.82) is 5.26 Å². The molecule has 2 aromatic heterocycles. The Hall–Kier alpha value is -4.25. The lowest BCUT2D eigenvalue weighted by molar-refractivity contribution is -0.142. The summed E-state index contributed by atoms with van der Waals surface area (Å²) in [6, 6.07) is 12.9. The topological polar surface area (TPSA) is 106 Å². The number of anilines is 1. The predicted octanol–water partition coefficient (Wildman–Crippen LogP) is 3.82. The number of hydrogen-bond donors (Lipinski definition) is 1. The first-order chi connectivity index (χ1) is 15.4. The van der Waals surface area contributed by atoms with Crippen LogP contribution in [0.4, 0.5) is 5.82 Å². The van der Waals surface area contributed by atoms with Gasteiger partial charge in [-0.3, -0.25) is 4.79 Å². The smallest absolute Gasteiger partial charge is 0.331 e. The molecule has 0 saturated carbocycles. The monoisotopic (exact) mass is 433 g/mol. The van der Waals surface area contributed by atoms with E-state index in [0.717, 1.165) is 11.3 Å². The van der Waals surface area contributed by atoms with Crippen molar-refractivity contribution >= 4 is 23.8 Å². The summed E-state index contributed by atoms with van der Waals surface area (Å²) < 4.78 is 17.4. The van der Waals surface area contributed by atoms with Crippen LogP contribution in [0.5, 0.6) is 5.75 Å². The summed E-state index contributed by atoms with van der Waals surface area (Å²) in [5.74, 6) is 0.394. The molecule has 164 valence electrons. The standard InChI is InChI=1S/C24H23N3O5/c1-16-17(2)27(14-19-8-6-12-31-19)24(20(16)13-25)26-22(28)15-32-23(29)11-10-18-7-4-5-9-21(18)30-3/h4-12H,14-15H2,1-3H3,(H,26,28). The molecule has 0 aliphatic rings. The van der Waals surface area contributed by atoms with Crippen molar-refractivity contribution in [2.45, 2.75) is 20.4 Å². The van der Waals surface area contributed by atoms with Crippen molar-refractivity contribution in [2.75, 3.05) is 19.0 Å². The fraction of sp³-hybridized carbons (Fsp3) is 0.208. The number of benzene rings is 1. The maximum Gasteiger partial charge on any atom is 0.331 e. The van der Waals surface area contributed by atoms with Crippen LogP contribution in [0.15, 0.2) is 53.2 Å². The predicted molar refractivity (Wildman–Crippen MR) is 118 cm³/mol. The third-order valence-corrected chi connectivity index (χ3v) is 4.98. The van der Waals surface area contributed by atoms with E-state index >= 15 is 0 Å². The van der Waals surface area contributed by atoms with Gasteiger partial charge in [0, 0.05) is 17.3 Å². The van der Waals surface area contributed by atoms with E-state index in [1.54, 1.807) is 35.1 Å². The first-order valence-corrected chi connectivity index (χ1v) is 9.84. The van der Waals surface area contributed by atoms with Crippen LogP contribution < -0.4 is 10.1 Å². The molecule has 0 bridgehead atoms. The van der Waals surface area contributed by atoms with Crippen LogP contribution in [0.2, 0.25) is 0 Å². The molecule has 1 aromatic carbocycles. The van der Waals surface area contributed by atoms with Crippen molar-refractivity contribution in [3.05, 3.63) is 76.9 Å². The number of aromatic nitrogens is 1. The molecular formula is C24H23N3O5. The lowest BCUT2D eigenvalue weighted by Crippen LogP contribution is -2.22. The van der Waals surface area contributed by atoms with Crippen LogP contribution in [0.1, 0.15) is 28.1 Å². The van der Waals surface area contributed by atoms with Crippen LogP contribution >= 0.6 is 0 Å². The molecule has 8 heteroatoms. The molecule has 3 rings (SSSR count). The molecule has 0 radical (unpaired) electrons. The highest BCUT2D eigenvalue weighted by atomic mass is 16.5. The minimum absolute atomic E-state index is 0.338. The second kappa shape index (κ2) is 10.2. The molecule has 0 unspecified atom stereocenters. The van der Waals surface area contributed by atoms with Gasteiger partial charge in [-0.1, -0.05) is 18.2 Å². The number of nitriles is 1. The largest absolute Gasteiger partial charge is 0.496 e. The van der Waals surface area contributed by atoms with E-state index in [1.165, 1.54) is 13.2 Å². The summed E-state index contributed by atoms with van der Waals surface area (Å²) >= 11 is 0. The third-order valence-electron chi connectivity index (χ3n) is 4.98. The molecule has 0 spiro atoms. The highest BCUT2D eigenvalue weighted by Gasteiger charge is 2.20. The van der Waals surface area contributed by atoms with Crippen LogP contribution in [0.3, 0.4) is 0 Å². The molecule has 0 saturated heterocycles. The van der Waals surface area contributed by atoms with Gasteiger partial charge in [0.05, 0.1) is 25.5 Å². The lowest BCUT2D eigenvalue weighted by Gasteiger charge is -2.12. The summed E-state index contributed by atoms with van der Waals surface area (Å²) in [4.78, 5) is 24.5. The average molecular weight is 433 g/mol. The Morgan fingerprint density at radius 2 is 2.00 bits per heavy atom. The van der Waals surface area contributed by atoms with E-state index in [0.29, 0.717) is 35.0 Å². The van der Waals surface area contributed by atoms with Gasteiger partial charge in [-0.15, -0.1) is 0 Å². The van der Waals surface area contributed by atoms with Gasteiger partial charge in [0.15, 0.2) is 6.61 Å². The molecule has 8 nitrogen and oxygen atoms in total. The van der Waals surface area contributed by atoms with Gasteiger partial charge in [-0.2, -0.15) is 5.26 Å². The lowest BCUT2D eigenvalue weighted by atomic mass is 10.2. The number of methoxy groups -OCH3 is 1. The second-order valence-electron chi connectivity index (χ2n) is 6.94. The number of esters is 1. The number of amides is 1. The Bertz CT molecular complexity index is 1180. The molecule has 32 heavy (non-hydrogen) atoms. The number of carbonyl (C=O) groups is 2. The molecule has 0 fully saturated rings. The van der Waals surface area contributed by atoms with E-state index in [2.05, 4.69) is 11.4 Å². The number of nitrogens with one attached hydrogen (secondary N) is 1. The molecule has 0 atom stereocenters. The van der Waals surface area contributed by atoms with Crippen LogP contribution in [-0.4, -0.2) is 30.2 Å². The van der Waals surface area contributed by atoms with Gasteiger partial charge in [-0.25, -0.2) is 4.79 Å². The Kier molecular flexibility index (Phi) is 7.13. The van der Waals surface area contributed by atoms with Crippen molar-refractivity contribution in [3.63, 3.8) is 0 Å². The fourth-order valence-electron chi connectivity index (χ4n) is 3.20. The highest BCUT2D eigenvalue weighted by Crippen LogP contribution is 2.27. The zero-order valence-electron chi connectivity index (χ0n) is 18.0. The van der Waals surface area contributed by atoms with Gasteiger partial charge in [0.1, 0.15) is 23.4 Å². The Morgan fingerprint density at radius 1 is 1.22 bits per heavy atom. The molecule has 2 heterocycles. The van der Waals surface area contributed by atoms with Crippen molar-refractivity contribution in [1.82, 2.24) is 4.57 Å². The van der Waals surface area contributed by atoms with Crippen LogP contribution in [0, 0.1) is 25.2 Å². The normalized spacial score (nSPS) is 10.7. The fourth-order valence-corrected chi connectivity index (χ4v) is 3.20. The molecule has 0 aliphatic heterocycles. The van der Waals surface area contributed by atoms with Crippen LogP contribution in [-0.2, 0) is 20.9 Å². The van der Waals surface area contributed by atoms with E-state index in [9.17, 15) is 14.9 Å². The number of carbonyl (C=O) groups excluding carboxylic acids is 2. The van der Waals surface area contributed by atoms with Crippen molar-refractivity contribution < 1.29 is 23.5 Å². The molecule has 0 aliphatic carbocycles. The van der Waals surface area contributed by atoms with Gasteiger partial charge in [-0.05, 0) is 43.7 Å². The maximum atomic E-state index is 12.5. The van der Waals surface area contributed by atoms with Gasteiger partial charge >= 0.3 is 5.97 Å². The van der Waals surface area contributed by atoms with E-state index in [1.807, 2.05) is 32.0 Å². The highest BCUT2D eigenvalue weighted by molar-refractivity contribution is 5.95. The number of para-hydroxylation sites is 1. The van der Waals surface area contributed by atoms with Gasteiger partial charge in [0.25, 0.3) is 5.91 Å². The summed E-state index contributed by atoms with van der Waals surface area (Å²) in [5.41, 5.74) is 2.64. The quantitative estimate of drug-likeness (QED) is 0.428. The van der Waals surface area contributed by atoms with Gasteiger partial charge in [0.2, 0.25) is 0 Å². The van der Waals surface area contributed by atoms with Gasteiger partial charge < -0.3 is 23.8 Å². The third kappa shape index (κ3) is 5.08. The van der Waals surface area contributed by atoms with Crippen molar-refractivity contribution in [3.8, 4) is 11.8 Å². The van der Waals surface area contributed by atoms with Crippen LogP contribution in [0.25, 0.3) is 6.08 Å². The minimum Gasteiger partial charge on any atom is -0.496 e. The number of furan rings is 1. The number of rotatable bonds is 8. The van der Waals surface area contributed by atoms with E-state index < -0.39 is 18.5 Å². The molecule has 1 amide bonds. The summed E-state index contributed by atoms with van der Waals surface area (Å²) in [6.07, 6.45) is 4.33. The number of ether oxygens (including phenoxy) is 2. The first-order valence-electron chi connectivity index (χ1n) is 9.84. The van der Waals surface area contributed by atoms with Crippen molar-refractivity contribution in [2.24, 2.45) is 0 Å². The average Bonchev–Trinajstić information content (AvgIpc) is 3.39. The Morgan fingerprint density at radius 3 is 2.69 bits per heavy atom. The zero-order chi connectivity index (χ0) is 23.1. The molecule has 3 aromatic rings. The summed E-state index contributed by atoms with van der Waals surface area (Å²) in [5, 5.41) is 12.3. The van der Waals surface area contributed by atoms with E-state index in [4.69, 9.17) is 13.9 Å². The minimum atomic E-state index is -0.676. The molecular weight excluding hydrogens is 410 g/mol. The number of nitrogens with zero attached hydrogens (tertiary/aromatic N) is 2. The second-order valence-corrected chi connectivity index (χ2v) is 6.94. The summed E-state index contributed by atoms with van der Waals surface area (Å²) in [7, 11) is 1.54. The number of hydrogen-bond acceptors (Lipinski definition) is 6. The maximum absolute atomic E-state index is 12.5. The zero-order valence-corrected chi connectivity index (χ0v) is 18.0. The SMILES string of the molecule is COc1ccccc1C=CC(=O)OCC(=O)Nc1c(C#N)c(C)c(C)n1Cc1ccco1.